The standard InChI is InChI=1S/C18H28O9/c1-10(19)8-23-18(15(20)21-6)7-11-13(26-17(4,5)24-11)14(27-18)12-9-22-16(2,3)25-12/h11-14H,7-9H2,1-6H3/t11-,12-,13-,14-,18-/m1/s1. The fraction of sp³-hybridized carbons (Fsp3) is 0.889. The van der Waals surface area contributed by atoms with Crippen LogP contribution in [0.2, 0.25) is 0 Å². The van der Waals surface area contributed by atoms with Crippen LogP contribution in [0.15, 0.2) is 0 Å². The number of Topliss-reactive ketones (excluding diaryl/α,β-unsaturated/α-hetero) is 1. The molecule has 3 aliphatic heterocycles. The highest BCUT2D eigenvalue weighted by Crippen LogP contribution is 2.44. The Hall–Kier alpha value is -1.10. The molecule has 0 N–H and O–H groups in total. The predicted octanol–water partition coefficient (Wildman–Crippen LogP) is 0.922. The summed E-state index contributed by atoms with van der Waals surface area (Å²) < 4.78 is 40.2. The molecule has 3 heterocycles. The van der Waals surface area contributed by atoms with E-state index < -0.39 is 47.7 Å². The van der Waals surface area contributed by atoms with Crippen LogP contribution in [0.3, 0.4) is 0 Å². The number of methoxy groups -OCH3 is 1. The van der Waals surface area contributed by atoms with E-state index in [4.69, 9.17) is 33.2 Å². The molecule has 0 bridgehead atoms. The van der Waals surface area contributed by atoms with Crippen LogP contribution in [0.5, 0.6) is 0 Å². The Kier molecular flexibility index (Phi) is 5.39. The van der Waals surface area contributed by atoms with Gasteiger partial charge in [-0.2, -0.15) is 0 Å². The zero-order chi connectivity index (χ0) is 20.0. The summed E-state index contributed by atoms with van der Waals surface area (Å²) in [4.78, 5) is 24.0. The maximum atomic E-state index is 12.6. The van der Waals surface area contributed by atoms with Gasteiger partial charge in [0.15, 0.2) is 17.4 Å². The number of carbonyl (C=O) groups is 2. The molecule has 3 fully saturated rings. The highest BCUT2D eigenvalue weighted by atomic mass is 16.8. The Morgan fingerprint density at radius 3 is 2.15 bits per heavy atom. The lowest BCUT2D eigenvalue weighted by Gasteiger charge is -2.44. The first-order valence-electron chi connectivity index (χ1n) is 9.04. The number of ether oxygens (including phenoxy) is 7. The van der Waals surface area contributed by atoms with Crippen molar-refractivity contribution in [1.82, 2.24) is 0 Å². The molecule has 0 spiro atoms. The lowest BCUT2D eigenvalue weighted by molar-refractivity contribution is -0.312. The monoisotopic (exact) mass is 388 g/mol. The SMILES string of the molecule is COC(=O)[C@@]1(OCC(C)=O)C[C@H]2OC(C)(C)O[C@H]2[C@@H]([C@H]2COC(C)(C)O2)O1. The smallest absolute Gasteiger partial charge is 0.366 e. The van der Waals surface area contributed by atoms with Crippen LogP contribution < -0.4 is 0 Å². The average Bonchev–Trinajstić information content (AvgIpc) is 3.08. The summed E-state index contributed by atoms with van der Waals surface area (Å²) >= 11 is 0. The van der Waals surface area contributed by atoms with E-state index in [0.717, 1.165) is 0 Å². The topological polar surface area (TPSA) is 98.8 Å². The van der Waals surface area contributed by atoms with E-state index in [2.05, 4.69) is 0 Å². The van der Waals surface area contributed by atoms with E-state index in [-0.39, 0.29) is 25.4 Å². The molecule has 0 amide bonds. The van der Waals surface area contributed by atoms with Crippen LogP contribution in [0.25, 0.3) is 0 Å². The molecular weight excluding hydrogens is 360 g/mol. The van der Waals surface area contributed by atoms with Crippen molar-refractivity contribution >= 4 is 11.8 Å². The summed E-state index contributed by atoms with van der Waals surface area (Å²) in [5, 5.41) is 0. The molecule has 0 aliphatic carbocycles. The maximum Gasteiger partial charge on any atom is 0.366 e. The second-order valence-corrected chi connectivity index (χ2v) is 8.03. The molecule has 27 heavy (non-hydrogen) atoms. The molecular formula is C18H28O9. The minimum atomic E-state index is -1.79. The number of ketones is 1. The van der Waals surface area contributed by atoms with Crippen molar-refractivity contribution in [2.45, 2.75) is 82.8 Å². The Morgan fingerprint density at radius 2 is 1.59 bits per heavy atom. The van der Waals surface area contributed by atoms with Crippen LogP contribution in [0, 0.1) is 0 Å². The van der Waals surface area contributed by atoms with E-state index in [1.165, 1.54) is 14.0 Å². The predicted molar refractivity (Wildman–Crippen MR) is 89.6 cm³/mol. The Bertz CT molecular complexity index is 602. The van der Waals surface area contributed by atoms with Crippen molar-refractivity contribution in [1.29, 1.82) is 0 Å². The van der Waals surface area contributed by atoms with Gasteiger partial charge in [-0.15, -0.1) is 0 Å². The van der Waals surface area contributed by atoms with Crippen LogP contribution >= 0.6 is 0 Å². The average molecular weight is 388 g/mol. The summed E-state index contributed by atoms with van der Waals surface area (Å²) in [6, 6.07) is 0. The lowest BCUT2D eigenvalue weighted by Crippen LogP contribution is -2.62. The molecule has 9 heteroatoms. The molecule has 0 aromatic heterocycles. The van der Waals surface area contributed by atoms with Crippen LogP contribution in [-0.4, -0.2) is 73.9 Å². The van der Waals surface area contributed by atoms with E-state index in [0.29, 0.717) is 0 Å². The second kappa shape index (κ2) is 7.06. The fourth-order valence-electron chi connectivity index (χ4n) is 3.72. The van der Waals surface area contributed by atoms with Crippen molar-refractivity contribution in [3.8, 4) is 0 Å². The molecule has 0 aromatic carbocycles. The summed E-state index contributed by atoms with van der Waals surface area (Å²) in [7, 11) is 1.24. The number of carbonyl (C=O) groups excluding carboxylic acids is 2. The number of hydrogen-bond donors (Lipinski definition) is 0. The van der Waals surface area contributed by atoms with Crippen molar-refractivity contribution in [2.75, 3.05) is 20.3 Å². The molecule has 0 saturated carbocycles. The normalized spacial score (nSPS) is 39.8. The van der Waals surface area contributed by atoms with Gasteiger partial charge in [0.2, 0.25) is 0 Å². The van der Waals surface area contributed by atoms with Gasteiger partial charge in [-0.3, -0.25) is 4.79 Å². The van der Waals surface area contributed by atoms with E-state index >= 15 is 0 Å². The van der Waals surface area contributed by atoms with Crippen molar-refractivity contribution < 1.29 is 42.7 Å². The van der Waals surface area contributed by atoms with Gasteiger partial charge in [-0.25, -0.2) is 4.79 Å². The first-order chi connectivity index (χ1) is 12.5. The van der Waals surface area contributed by atoms with E-state index in [9.17, 15) is 9.59 Å². The van der Waals surface area contributed by atoms with Crippen molar-refractivity contribution in [3.05, 3.63) is 0 Å². The van der Waals surface area contributed by atoms with Crippen LogP contribution in [0.1, 0.15) is 41.0 Å². The first-order valence-corrected chi connectivity index (χ1v) is 9.04. The largest absolute Gasteiger partial charge is 0.465 e. The third kappa shape index (κ3) is 4.18. The van der Waals surface area contributed by atoms with Crippen molar-refractivity contribution in [3.63, 3.8) is 0 Å². The summed E-state index contributed by atoms with van der Waals surface area (Å²) in [5.41, 5.74) is 0. The highest BCUT2D eigenvalue weighted by molar-refractivity contribution is 5.80. The molecule has 0 aromatic rings. The van der Waals surface area contributed by atoms with Gasteiger partial charge in [0, 0.05) is 6.42 Å². The molecule has 0 unspecified atom stereocenters. The van der Waals surface area contributed by atoms with Gasteiger partial charge >= 0.3 is 5.97 Å². The van der Waals surface area contributed by atoms with Gasteiger partial charge in [0.05, 0.1) is 19.8 Å². The van der Waals surface area contributed by atoms with E-state index in [1.54, 1.807) is 27.7 Å². The number of hydrogen-bond acceptors (Lipinski definition) is 9. The molecule has 154 valence electrons. The van der Waals surface area contributed by atoms with Gasteiger partial charge in [0.25, 0.3) is 5.79 Å². The molecule has 3 rings (SSSR count). The fourth-order valence-corrected chi connectivity index (χ4v) is 3.72. The third-order valence-corrected chi connectivity index (χ3v) is 4.74. The van der Waals surface area contributed by atoms with Gasteiger partial charge in [-0.05, 0) is 34.6 Å². The Morgan fingerprint density at radius 1 is 0.963 bits per heavy atom. The Balaban J connectivity index is 1.92. The first kappa shape index (κ1) is 20.6. The summed E-state index contributed by atoms with van der Waals surface area (Å²) in [6.07, 6.45) is -2.17. The molecule has 9 nitrogen and oxygen atoms in total. The Labute approximate surface area is 158 Å². The molecule has 5 atom stereocenters. The summed E-state index contributed by atoms with van der Waals surface area (Å²) in [5.74, 6) is -4.42. The zero-order valence-corrected chi connectivity index (χ0v) is 16.6. The number of fused-ring (bicyclic) bond motifs is 1. The minimum Gasteiger partial charge on any atom is -0.465 e. The second-order valence-electron chi connectivity index (χ2n) is 8.03. The van der Waals surface area contributed by atoms with Crippen LogP contribution in [0.4, 0.5) is 0 Å². The molecule has 3 aliphatic rings. The van der Waals surface area contributed by atoms with Crippen LogP contribution in [-0.2, 0) is 42.7 Å². The molecule has 0 radical (unpaired) electrons. The van der Waals surface area contributed by atoms with Gasteiger partial charge in [0.1, 0.15) is 24.9 Å². The molecule has 3 saturated heterocycles. The van der Waals surface area contributed by atoms with Crippen molar-refractivity contribution in [2.24, 2.45) is 0 Å². The number of esters is 1. The minimum absolute atomic E-state index is 0.0362. The number of rotatable bonds is 5. The third-order valence-electron chi connectivity index (χ3n) is 4.74. The van der Waals surface area contributed by atoms with Gasteiger partial charge < -0.3 is 33.2 Å². The highest BCUT2D eigenvalue weighted by Gasteiger charge is 2.62. The zero-order valence-electron chi connectivity index (χ0n) is 16.6. The maximum absolute atomic E-state index is 12.6. The van der Waals surface area contributed by atoms with Gasteiger partial charge in [-0.1, -0.05) is 0 Å². The van der Waals surface area contributed by atoms with E-state index in [1.807, 2.05) is 0 Å². The lowest BCUT2D eigenvalue weighted by atomic mass is 9.92. The summed E-state index contributed by atoms with van der Waals surface area (Å²) in [6.45, 7) is 8.49. The quantitative estimate of drug-likeness (QED) is 0.637.